The number of anilines is 1. The van der Waals surface area contributed by atoms with Gasteiger partial charge >= 0.3 is 0 Å². The third kappa shape index (κ3) is 3.73. The maximum atomic E-state index is 12.5. The Morgan fingerprint density at radius 1 is 1.50 bits per heavy atom. The first-order chi connectivity index (χ1) is 10.7. The van der Waals surface area contributed by atoms with Crippen LogP contribution in [0.15, 0.2) is 18.3 Å². The van der Waals surface area contributed by atoms with E-state index in [0.29, 0.717) is 24.3 Å². The Balaban J connectivity index is 1.55. The number of carbonyl (C=O) groups excluding carboxylic acids is 1. The van der Waals surface area contributed by atoms with Gasteiger partial charge in [0.15, 0.2) is 0 Å². The molecule has 2 aliphatic heterocycles. The number of carbonyl (C=O) groups is 1. The monoisotopic (exact) mass is 322 g/mol. The van der Waals surface area contributed by atoms with Crippen molar-refractivity contribution in [1.82, 2.24) is 4.98 Å². The lowest BCUT2D eigenvalue weighted by molar-refractivity contribution is -0.116. The van der Waals surface area contributed by atoms with Crippen molar-refractivity contribution in [3.8, 4) is 5.88 Å². The summed E-state index contributed by atoms with van der Waals surface area (Å²) in [6.07, 6.45) is 5.48. The third-order valence-electron chi connectivity index (χ3n) is 3.90. The first-order valence-electron chi connectivity index (χ1n) is 7.85. The van der Waals surface area contributed by atoms with Crippen molar-refractivity contribution in [2.75, 3.05) is 29.6 Å². The minimum Gasteiger partial charge on any atom is -0.471 e. The molecule has 1 amide bonds. The molecular weight excluding hydrogens is 300 g/mol. The fourth-order valence-corrected chi connectivity index (χ4v) is 3.77. The molecule has 120 valence electrons. The van der Waals surface area contributed by atoms with Gasteiger partial charge in [-0.25, -0.2) is 4.98 Å². The Bertz CT molecular complexity index is 520. The maximum absolute atomic E-state index is 12.5. The topological polar surface area (TPSA) is 51.7 Å². The standard InChI is InChI=1S/C16H22N2O3S/c1-12-9-18(14-6-4-7-17-16(14)21-12)15(19)11-22-10-13-5-2-3-8-20-13/h4,6-7,12-13H,2-3,5,8-11H2,1H3/t12-,13+/m1/s1. The number of hydrogen-bond donors (Lipinski definition) is 0. The van der Waals surface area contributed by atoms with E-state index in [1.807, 2.05) is 19.1 Å². The molecule has 0 N–H and O–H groups in total. The second-order valence-corrected chi connectivity index (χ2v) is 6.79. The van der Waals surface area contributed by atoms with Gasteiger partial charge in [0.2, 0.25) is 11.8 Å². The van der Waals surface area contributed by atoms with Crippen LogP contribution in [-0.2, 0) is 9.53 Å². The van der Waals surface area contributed by atoms with Crippen LogP contribution in [0.25, 0.3) is 0 Å². The average Bonchev–Trinajstić information content (AvgIpc) is 2.55. The molecule has 0 aliphatic carbocycles. The number of nitrogens with zero attached hydrogens (tertiary/aromatic N) is 2. The van der Waals surface area contributed by atoms with Gasteiger partial charge in [-0.15, -0.1) is 11.8 Å². The lowest BCUT2D eigenvalue weighted by Gasteiger charge is -2.32. The molecule has 0 aromatic carbocycles. The van der Waals surface area contributed by atoms with Crippen LogP contribution in [0.2, 0.25) is 0 Å². The predicted molar refractivity (Wildman–Crippen MR) is 87.6 cm³/mol. The van der Waals surface area contributed by atoms with Crippen molar-refractivity contribution >= 4 is 23.4 Å². The summed E-state index contributed by atoms with van der Waals surface area (Å²) in [5.41, 5.74) is 0.778. The van der Waals surface area contributed by atoms with Gasteiger partial charge in [-0.1, -0.05) is 0 Å². The normalized spacial score (nSPS) is 24.5. The number of amides is 1. The SMILES string of the molecule is C[C@@H]1CN(C(=O)CSC[C@@H]2CCCCO2)c2cccnc2O1. The average molecular weight is 322 g/mol. The van der Waals surface area contributed by atoms with Gasteiger partial charge in [-0.05, 0) is 38.3 Å². The van der Waals surface area contributed by atoms with Crippen molar-refractivity contribution in [3.63, 3.8) is 0 Å². The highest BCUT2D eigenvalue weighted by Crippen LogP contribution is 2.31. The van der Waals surface area contributed by atoms with Crippen molar-refractivity contribution in [3.05, 3.63) is 18.3 Å². The number of thioether (sulfide) groups is 1. The van der Waals surface area contributed by atoms with Crippen molar-refractivity contribution in [2.45, 2.75) is 38.4 Å². The zero-order valence-electron chi connectivity index (χ0n) is 12.9. The summed E-state index contributed by atoms with van der Waals surface area (Å²) in [6.45, 7) is 3.40. The van der Waals surface area contributed by atoms with Crippen molar-refractivity contribution in [2.24, 2.45) is 0 Å². The van der Waals surface area contributed by atoms with Gasteiger partial charge in [0, 0.05) is 18.6 Å². The lowest BCUT2D eigenvalue weighted by Crippen LogP contribution is -2.43. The largest absolute Gasteiger partial charge is 0.471 e. The zero-order chi connectivity index (χ0) is 15.4. The highest BCUT2D eigenvalue weighted by molar-refractivity contribution is 8.00. The molecule has 0 saturated carbocycles. The minimum atomic E-state index is -0.0296. The number of aromatic nitrogens is 1. The number of pyridine rings is 1. The van der Waals surface area contributed by atoms with Crippen LogP contribution < -0.4 is 9.64 Å². The summed E-state index contributed by atoms with van der Waals surface area (Å²) in [5, 5.41) is 0. The van der Waals surface area contributed by atoms with E-state index in [1.54, 1.807) is 22.9 Å². The van der Waals surface area contributed by atoms with Gasteiger partial charge in [-0.2, -0.15) is 0 Å². The fourth-order valence-electron chi connectivity index (χ4n) is 2.79. The van der Waals surface area contributed by atoms with E-state index >= 15 is 0 Å². The van der Waals surface area contributed by atoms with Crippen LogP contribution in [0.3, 0.4) is 0 Å². The molecule has 1 aromatic heterocycles. The summed E-state index contributed by atoms with van der Waals surface area (Å²) in [5.74, 6) is 2.03. The summed E-state index contributed by atoms with van der Waals surface area (Å²) >= 11 is 1.66. The van der Waals surface area contributed by atoms with E-state index in [2.05, 4.69) is 4.98 Å². The highest BCUT2D eigenvalue weighted by atomic mass is 32.2. The second kappa shape index (κ2) is 7.33. The van der Waals surface area contributed by atoms with Crippen LogP contribution in [0.5, 0.6) is 5.88 Å². The molecule has 0 spiro atoms. The van der Waals surface area contributed by atoms with Gasteiger partial charge in [0.25, 0.3) is 0 Å². The van der Waals surface area contributed by atoms with Crippen LogP contribution in [0, 0.1) is 0 Å². The maximum Gasteiger partial charge on any atom is 0.238 e. The van der Waals surface area contributed by atoms with Crippen molar-refractivity contribution in [1.29, 1.82) is 0 Å². The molecule has 3 heterocycles. The van der Waals surface area contributed by atoms with Crippen LogP contribution in [0.4, 0.5) is 5.69 Å². The van der Waals surface area contributed by atoms with Crippen LogP contribution in [-0.4, -0.2) is 47.8 Å². The summed E-state index contributed by atoms with van der Waals surface area (Å²) < 4.78 is 11.4. The predicted octanol–water partition coefficient (Wildman–Crippen LogP) is 2.50. The second-order valence-electron chi connectivity index (χ2n) is 5.76. The molecular formula is C16H22N2O3S. The van der Waals surface area contributed by atoms with Gasteiger partial charge in [0.05, 0.1) is 18.4 Å². The van der Waals surface area contributed by atoms with E-state index < -0.39 is 0 Å². The first-order valence-corrected chi connectivity index (χ1v) is 9.01. The molecule has 1 aromatic rings. The molecule has 2 atom stereocenters. The van der Waals surface area contributed by atoms with Gasteiger partial charge in [0.1, 0.15) is 11.8 Å². The van der Waals surface area contributed by atoms with E-state index in [4.69, 9.17) is 9.47 Å². The van der Waals surface area contributed by atoms with Crippen molar-refractivity contribution < 1.29 is 14.3 Å². The van der Waals surface area contributed by atoms with E-state index in [0.717, 1.165) is 30.9 Å². The fraction of sp³-hybridized carbons (Fsp3) is 0.625. The zero-order valence-corrected chi connectivity index (χ0v) is 13.7. The molecule has 0 bridgehead atoms. The van der Waals surface area contributed by atoms with E-state index in [-0.39, 0.29) is 12.0 Å². The summed E-state index contributed by atoms with van der Waals surface area (Å²) in [6, 6.07) is 3.72. The van der Waals surface area contributed by atoms with E-state index in [9.17, 15) is 4.79 Å². The Morgan fingerprint density at radius 2 is 2.41 bits per heavy atom. The van der Waals surface area contributed by atoms with Crippen LogP contribution in [0.1, 0.15) is 26.2 Å². The first kappa shape index (κ1) is 15.6. The van der Waals surface area contributed by atoms with Gasteiger partial charge in [-0.3, -0.25) is 4.79 Å². The quantitative estimate of drug-likeness (QED) is 0.852. The Morgan fingerprint density at radius 3 is 3.23 bits per heavy atom. The molecule has 3 rings (SSSR count). The molecule has 6 heteroatoms. The minimum absolute atomic E-state index is 0.0296. The number of hydrogen-bond acceptors (Lipinski definition) is 5. The molecule has 2 aliphatic rings. The Kier molecular flexibility index (Phi) is 5.20. The molecule has 0 unspecified atom stereocenters. The van der Waals surface area contributed by atoms with Crippen LogP contribution >= 0.6 is 11.8 Å². The molecule has 22 heavy (non-hydrogen) atoms. The smallest absolute Gasteiger partial charge is 0.238 e. The third-order valence-corrected chi connectivity index (χ3v) is 4.96. The number of ether oxygens (including phenoxy) is 2. The van der Waals surface area contributed by atoms with Gasteiger partial charge < -0.3 is 14.4 Å². The lowest BCUT2D eigenvalue weighted by atomic mass is 10.1. The summed E-state index contributed by atoms with van der Waals surface area (Å²) in [4.78, 5) is 18.5. The number of rotatable bonds is 4. The molecule has 5 nitrogen and oxygen atoms in total. The summed E-state index contributed by atoms with van der Waals surface area (Å²) in [7, 11) is 0. The van der Waals surface area contributed by atoms with E-state index in [1.165, 1.54) is 6.42 Å². The molecule has 1 saturated heterocycles. The Labute approximate surface area is 135 Å². The highest BCUT2D eigenvalue weighted by Gasteiger charge is 2.28. The molecule has 0 radical (unpaired) electrons. The number of fused-ring (bicyclic) bond motifs is 1. The molecule has 1 fully saturated rings. The Hall–Kier alpha value is -1.27.